The van der Waals surface area contributed by atoms with Crippen LogP contribution in [0.4, 0.5) is 5.69 Å². The van der Waals surface area contributed by atoms with Crippen molar-refractivity contribution in [2.75, 3.05) is 25.1 Å². The van der Waals surface area contributed by atoms with Gasteiger partial charge in [-0.15, -0.1) is 0 Å². The number of benzene rings is 1. The Bertz CT molecular complexity index is 374. The second kappa shape index (κ2) is 5.52. The normalized spacial score (nSPS) is 16.1. The molecule has 1 aromatic carbocycles. The molecule has 1 aliphatic rings. The number of nitrogens with one attached hydrogen (secondary N) is 1. The number of hydrogen-bond donors (Lipinski definition) is 2. The summed E-state index contributed by atoms with van der Waals surface area (Å²) in [7, 11) is 2.14. The zero-order valence-electron chi connectivity index (χ0n) is 10.7. The summed E-state index contributed by atoms with van der Waals surface area (Å²) >= 11 is 0. The Labute approximate surface area is 103 Å². The van der Waals surface area contributed by atoms with Crippen LogP contribution in [-0.4, -0.2) is 31.3 Å². The molecule has 0 spiro atoms. The molecular formula is C14H22N2O. The topological polar surface area (TPSA) is 35.5 Å². The van der Waals surface area contributed by atoms with E-state index in [0.717, 1.165) is 25.9 Å². The van der Waals surface area contributed by atoms with Crippen molar-refractivity contribution in [3.63, 3.8) is 0 Å². The van der Waals surface area contributed by atoms with Crippen molar-refractivity contribution in [1.29, 1.82) is 0 Å². The number of hydrogen-bond acceptors (Lipinski definition) is 3. The van der Waals surface area contributed by atoms with Crippen LogP contribution in [0.1, 0.15) is 24.5 Å². The number of fused-ring (bicyclic) bond motifs is 1. The van der Waals surface area contributed by atoms with Gasteiger partial charge in [0, 0.05) is 31.9 Å². The lowest BCUT2D eigenvalue weighted by atomic mass is 10.1. The maximum absolute atomic E-state index is 9.12. The van der Waals surface area contributed by atoms with Crippen LogP contribution in [0.5, 0.6) is 0 Å². The van der Waals surface area contributed by atoms with Crippen molar-refractivity contribution >= 4 is 5.69 Å². The molecule has 3 heteroatoms. The standard InChI is InChI=1S/C14H22N2O/c1-3-13(10-17)15-9-11-4-5-14-12(8-11)6-7-16(14)2/h4-5,8,13,15,17H,3,6-7,9-10H2,1-2H3/t13-/m1/s1. The third kappa shape index (κ3) is 2.79. The molecule has 0 unspecified atom stereocenters. The summed E-state index contributed by atoms with van der Waals surface area (Å²) in [6.45, 7) is 4.27. The first-order chi connectivity index (χ1) is 8.24. The van der Waals surface area contributed by atoms with E-state index in [9.17, 15) is 0 Å². The van der Waals surface area contributed by atoms with Crippen molar-refractivity contribution in [2.24, 2.45) is 0 Å². The SMILES string of the molecule is CC[C@H](CO)NCc1ccc2c(c1)CCN2C. The Morgan fingerprint density at radius 2 is 2.29 bits per heavy atom. The summed E-state index contributed by atoms with van der Waals surface area (Å²) in [6, 6.07) is 6.89. The maximum atomic E-state index is 9.12. The number of likely N-dealkylation sites (N-methyl/N-ethyl adjacent to an activating group) is 1. The molecule has 0 fully saturated rings. The van der Waals surface area contributed by atoms with E-state index in [1.54, 1.807) is 0 Å². The summed E-state index contributed by atoms with van der Waals surface area (Å²) in [4.78, 5) is 2.30. The van der Waals surface area contributed by atoms with E-state index < -0.39 is 0 Å². The van der Waals surface area contributed by atoms with E-state index in [-0.39, 0.29) is 12.6 Å². The lowest BCUT2D eigenvalue weighted by Gasteiger charge is -2.15. The third-order valence-electron chi connectivity index (χ3n) is 3.58. The van der Waals surface area contributed by atoms with Crippen LogP contribution in [0, 0.1) is 0 Å². The Morgan fingerprint density at radius 1 is 1.47 bits per heavy atom. The minimum Gasteiger partial charge on any atom is -0.395 e. The summed E-state index contributed by atoms with van der Waals surface area (Å²) in [5, 5.41) is 12.5. The molecule has 1 heterocycles. The highest BCUT2D eigenvalue weighted by Crippen LogP contribution is 2.27. The minimum atomic E-state index is 0.212. The van der Waals surface area contributed by atoms with E-state index in [2.05, 4.69) is 42.4 Å². The Hall–Kier alpha value is -1.06. The van der Waals surface area contributed by atoms with Gasteiger partial charge in [0.05, 0.1) is 6.61 Å². The van der Waals surface area contributed by atoms with Gasteiger partial charge < -0.3 is 15.3 Å². The Kier molecular flexibility index (Phi) is 4.02. The van der Waals surface area contributed by atoms with Gasteiger partial charge in [-0.2, -0.15) is 0 Å². The summed E-state index contributed by atoms with van der Waals surface area (Å²) < 4.78 is 0. The highest BCUT2D eigenvalue weighted by atomic mass is 16.3. The van der Waals surface area contributed by atoms with Crippen LogP contribution in [0.2, 0.25) is 0 Å². The predicted octanol–water partition coefficient (Wildman–Crippen LogP) is 1.54. The van der Waals surface area contributed by atoms with Crippen LogP contribution in [0.3, 0.4) is 0 Å². The molecule has 2 N–H and O–H groups in total. The molecular weight excluding hydrogens is 212 g/mol. The van der Waals surface area contributed by atoms with E-state index >= 15 is 0 Å². The van der Waals surface area contributed by atoms with Crippen LogP contribution in [0.15, 0.2) is 18.2 Å². The van der Waals surface area contributed by atoms with Gasteiger partial charge in [-0.25, -0.2) is 0 Å². The largest absolute Gasteiger partial charge is 0.395 e. The first-order valence-corrected chi connectivity index (χ1v) is 6.41. The number of aliphatic hydroxyl groups is 1. The van der Waals surface area contributed by atoms with Gasteiger partial charge in [-0.3, -0.25) is 0 Å². The number of anilines is 1. The summed E-state index contributed by atoms with van der Waals surface area (Å²) in [6.07, 6.45) is 2.11. The predicted molar refractivity (Wildman–Crippen MR) is 71.4 cm³/mol. The van der Waals surface area contributed by atoms with Crippen LogP contribution >= 0.6 is 0 Å². The minimum absolute atomic E-state index is 0.212. The molecule has 0 radical (unpaired) electrons. The maximum Gasteiger partial charge on any atom is 0.0584 e. The first-order valence-electron chi connectivity index (χ1n) is 6.41. The molecule has 94 valence electrons. The highest BCUT2D eigenvalue weighted by molar-refractivity contribution is 5.58. The second-order valence-corrected chi connectivity index (χ2v) is 4.80. The fourth-order valence-corrected chi connectivity index (χ4v) is 2.33. The molecule has 0 saturated carbocycles. The molecule has 0 amide bonds. The van der Waals surface area contributed by atoms with Gasteiger partial charge in [0.15, 0.2) is 0 Å². The molecule has 3 nitrogen and oxygen atoms in total. The van der Waals surface area contributed by atoms with E-state index in [1.807, 2.05) is 0 Å². The number of aliphatic hydroxyl groups excluding tert-OH is 1. The van der Waals surface area contributed by atoms with Crippen molar-refractivity contribution < 1.29 is 5.11 Å². The molecule has 17 heavy (non-hydrogen) atoms. The average Bonchev–Trinajstić information content (AvgIpc) is 2.72. The van der Waals surface area contributed by atoms with Crippen LogP contribution < -0.4 is 10.2 Å². The molecule has 1 aliphatic heterocycles. The number of nitrogens with zero attached hydrogens (tertiary/aromatic N) is 1. The molecule has 0 saturated heterocycles. The van der Waals surface area contributed by atoms with Crippen molar-refractivity contribution in [3.05, 3.63) is 29.3 Å². The fourth-order valence-electron chi connectivity index (χ4n) is 2.33. The Morgan fingerprint density at radius 3 is 3.00 bits per heavy atom. The molecule has 2 rings (SSSR count). The lowest BCUT2D eigenvalue weighted by Crippen LogP contribution is -2.31. The van der Waals surface area contributed by atoms with E-state index in [0.29, 0.717) is 0 Å². The van der Waals surface area contributed by atoms with Crippen LogP contribution in [0.25, 0.3) is 0 Å². The highest BCUT2D eigenvalue weighted by Gasteiger charge is 2.15. The number of rotatable bonds is 5. The van der Waals surface area contributed by atoms with Gasteiger partial charge in [0.25, 0.3) is 0 Å². The van der Waals surface area contributed by atoms with E-state index in [1.165, 1.54) is 16.8 Å². The molecule has 1 aromatic rings. The van der Waals surface area contributed by atoms with E-state index in [4.69, 9.17) is 5.11 Å². The lowest BCUT2D eigenvalue weighted by molar-refractivity contribution is 0.238. The summed E-state index contributed by atoms with van der Waals surface area (Å²) in [5.74, 6) is 0. The van der Waals surface area contributed by atoms with Crippen molar-refractivity contribution in [1.82, 2.24) is 5.32 Å². The molecule has 0 bridgehead atoms. The average molecular weight is 234 g/mol. The van der Waals surface area contributed by atoms with Crippen LogP contribution in [-0.2, 0) is 13.0 Å². The summed E-state index contributed by atoms with van der Waals surface area (Å²) in [5.41, 5.74) is 4.12. The monoisotopic (exact) mass is 234 g/mol. The van der Waals surface area contributed by atoms with Gasteiger partial charge in [0.2, 0.25) is 0 Å². The van der Waals surface area contributed by atoms with Gasteiger partial charge in [-0.05, 0) is 30.0 Å². The smallest absolute Gasteiger partial charge is 0.0584 e. The van der Waals surface area contributed by atoms with Gasteiger partial charge in [-0.1, -0.05) is 19.1 Å². The quantitative estimate of drug-likeness (QED) is 0.811. The molecule has 0 aromatic heterocycles. The first kappa shape index (κ1) is 12.4. The zero-order chi connectivity index (χ0) is 12.3. The molecule has 0 aliphatic carbocycles. The van der Waals surface area contributed by atoms with Gasteiger partial charge in [0.1, 0.15) is 0 Å². The Balaban J connectivity index is 1.99. The second-order valence-electron chi connectivity index (χ2n) is 4.80. The van der Waals surface area contributed by atoms with Crippen molar-refractivity contribution in [2.45, 2.75) is 32.4 Å². The fraction of sp³-hybridized carbons (Fsp3) is 0.571. The third-order valence-corrected chi connectivity index (χ3v) is 3.58. The zero-order valence-corrected chi connectivity index (χ0v) is 10.7. The van der Waals surface area contributed by atoms with Gasteiger partial charge >= 0.3 is 0 Å². The molecule has 1 atom stereocenters. The van der Waals surface area contributed by atoms with Crippen molar-refractivity contribution in [3.8, 4) is 0 Å².